The lowest BCUT2D eigenvalue weighted by Gasteiger charge is -2.26. The van der Waals surface area contributed by atoms with Gasteiger partial charge >= 0.3 is 12.1 Å². The third-order valence-corrected chi connectivity index (χ3v) is 6.63. The molecule has 1 aliphatic heterocycles. The molecule has 1 heterocycles. The van der Waals surface area contributed by atoms with Gasteiger partial charge in [-0.3, -0.25) is 9.59 Å². The van der Waals surface area contributed by atoms with Crippen LogP contribution in [0.1, 0.15) is 44.7 Å². The highest BCUT2D eigenvalue weighted by atomic mass is 16.6. The number of hydrogen-bond acceptors (Lipinski definition) is 7. The Morgan fingerprint density at radius 2 is 1.63 bits per heavy atom. The minimum atomic E-state index is -0.827. The first-order valence-corrected chi connectivity index (χ1v) is 13.6. The molecule has 3 aromatic carbocycles. The molecule has 2 amide bonds. The van der Waals surface area contributed by atoms with Gasteiger partial charge in [0, 0.05) is 0 Å². The van der Waals surface area contributed by atoms with Crippen LogP contribution in [-0.2, 0) is 25.5 Å². The van der Waals surface area contributed by atoms with Crippen molar-refractivity contribution >= 4 is 18.0 Å². The average Bonchev–Trinajstić information content (AvgIpc) is 3.31. The molecule has 8 nitrogen and oxygen atoms in total. The van der Waals surface area contributed by atoms with Gasteiger partial charge in [0.15, 0.2) is 0 Å². The quantitative estimate of drug-likeness (QED) is 0.286. The molecule has 41 heavy (non-hydrogen) atoms. The number of nitrogens with zero attached hydrogens (tertiary/aromatic N) is 2. The molecule has 8 heteroatoms. The topological polar surface area (TPSA) is 106 Å². The Bertz CT molecular complexity index is 1390. The Balaban J connectivity index is 1.43. The van der Waals surface area contributed by atoms with Gasteiger partial charge in [0.25, 0.3) is 0 Å². The monoisotopic (exact) mass is 554 g/mol. The van der Waals surface area contributed by atoms with Crippen LogP contribution in [0.4, 0.5) is 4.79 Å². The summed E-state index contributed by atoms with van der Waals surface area (Å²) in [4.78, 5) is 40.2. The lowest BCUT2D eigenvalue weighted by atomic mass is 9.98. The van der Waals surface area contributed by atoms with Crippen LogP contribution in [0.25, 0.3) is 11.1 Å². The van der Waals surface area contributed by atoms with E-state index in [0.29, 0.717) is 17.7 Å². The third kappa shape index (κ3) is 8.18. The molecule has 0 radical (unpaired) electrons. The molecule has 1 fully saturated rings. The average molecular weight is 555 g/mol. The normalized spacial score (nSPS) is 15.5. The van der Waals surface area contributed by atoms with Crippen LogP contribution in [0.3, 0.4) is 0 Å². The predicted molar refractivity (Wildman–Crippen MR) is 153 cm³/mol. The number of rotatable bonds is 10. The summed E-state index contributed by atoms with van der Waals surface area (Å²) in [6.45, 7) is 5.54. The van der Waals surface area contributed by atoms with Crippen LogP contribution < -0.4 is 4.74 Å². The van der Waals surface area contributed by atoms with Gasteiger partial charge in [-0.05, 0) is 74.6 Å². The number of esters is 1. The van der Waals surface area contributed by atoms with E-state index in [2.05, 4.69) is 6.07 Å². The number of carbonyl (C=O) groups is 3. The van der Waals surface area contributed by atoms with Gasteiger partial charge in [0.2, 0.25) is 5.91 Å². The molecule has 0 aromatic heterocycles. The maximum atomic E-state index is 13.7. The van der Waals surface area contributed by atoms with Crippen molar-refractivity contribution in [3.05, 3.63) is 90.0 Å². The second kappa shape index (κ2) is 13.1. The van der Waals surface area contributed by atoms with Crippen LogP contribution in [0.5, 0.6) is 5.75 Å². The van der Waals surface area contributed by atoms with E-state index < -0.39 is 35.5 Å². The van der Waals surface area contributed by atoms with Gasteiger partial charge in [-0.2, -0.15) is 5.26 Å². The highest BCUT2D eigenvalue weighted by Gasteiger charge is 2.41. The van der Waals surface area contributed by atoms with E-state index in [-0.39, 0.29) is 26.1 Å². The highest BCUT2D eigenvalue weighted by molar-refractivity contribution is 5.96. The molecule has 212 valence electrons. The van der Waals surface area contributed by atoms with Crippen molar-refractivity contribution < 1.29 is 28.6 Å². The van der Waals surface area contributed by atoms with E-state index >= 15 is 0 Å². The number of carbonyl (C=O) groups excluding carboxylic acids is 3. The molecule has 0 spiro atoms. The summed E-state index contributed by atoms with van der Waals surface area (Å²) in [5, 5.41) is 9.00. The molecular weight excluding hydrogens is 520 g/mol. The zero-order valence-corrected chi connectivity index (χ0v) is 23.5. The standard InChI is InChI=1S/C33H34N2O6/c1-33(2,3)41-30(36)20-27(31(37)35-28(22-40-32(35)38)19-23-7-5-4-6-8-23)17-18-39-29-15-13-26(14-16-29)25-11-9-24(21-34)10-12-25/h4-16,27-28H,17-20,22H2,1-3H3. The summed E-state index contributed by atoms with van der Waals surface area (Å²) in [6, 6.07) is 26.0. The third-order valence-electron chi connectivity index (χ3n) is 6.63. The smallest absolute Gasteiger partial charge is 0.416 e. The summed E-state index contributed by atoms with van der Waals surface area (Å²) < 4.78 is 16.7. The lowest BCUT2D eigenvalue weighted by molar-refractivity contribution is -0.158. The summed E-state index contributed by atoms with van der Waals surface area (Å²) >= 11 is 0. The Hall–Kier alpha value is -4.64. The Morgan fingerprint density at radius 1 is 1.00 bits per heavy atom. The van der Waals surface area contributed by atoms with Gasteiger partial charge in [-0.25, -0.2) is 9.69 Å². The van der Waals surface area contributed by atoms with E-state index in [1.807, 2.05) is 66.7 Å². The molecule has 4 rings (SSSR count). The highest BCUT2D eigenvalue weighted by Crippen LogP contribution is 2.26. The van der Waals surface area contributed by atoms with E-state index in [1.165, 1.54) is 0 Å². The molecule has 0 saturated carbocycles. The maximum absolute atomic E-state index is 13.7. The zero-order chi connectivity index (χ0) is 29.4. The number of imide groups is 1. The molecule has 1 aliphatic rings. The lowest BCUT2D eigenvalue weighted by Crippen LogP contribution is -2.44. The molecule has 2 unspecified atom stereocenters. The molecule has 1 saturated heterocycles. The first-order valence-electron chi connectivity index (χ1n) is 13.6. The van der Waals surface area contributed by atoms with Gasteiger partial charge in [0.05, 0.1) is 36.6 Å². The molecule has 0 aliphatic carbocycles. The van der Waals surface area contributed by atoms with Crippen LogP contribution in [0.15, 0.2) is 78.9 Å². The summed E-state index contributed by atoms with van der Waals surface area (Å²) in [7, 11) is 0. The van der Waals surface area contributed by atoms with E-state index in [9.17, 15) is 14.4 Å². The van der Waals surface area contributed by atoms with Crippen molar-refractivity contribution in [2.45, 2.75) is 51.7 Å². The first-order chi connectivity index (χ1) is 19.6. The zero-order valence-electron chi connectivity index (χ0n) is 23.5. The summed E-state index contributed by atoms with van der Waals surface area (Å²) in [6.07, 6.45) is -0.222. The van der Waals surface area contributed by atoms with E-state index in [4.69, 9.17) is 19.5 Å². The fourth-order valence-electron chi connectivity index (χ4n) is 4.66. The first kappa shape index (κ1) is 29.3. The summed E-state index contributed by atoms with van der Waals surface area (Å²) in [5.74, 6) is -1.21. The van der Waals surface area contributed by atoms with Crippen molar-refractivity contribution in [2.75, 3.05) is 13.2 Å². The largest absolute Gasteiger partial charge is 0.494 e. The van der Waals surface area contributed by atoms with Crippen molar-refractivity contribution in [1.82, 2.24) is 4.90 Å². The SMILES string of the molecule is CC(C)(C)OC(=O)CC(CCOc1ccc(-c2ccc(C#N)cc2)cc1)C(=O)N1C(=O)OCC1Cc1ccccc1. The van der Waals surface area contributed by atoms with Crippen molar-refractivity contribution in [1.29, 1.82) is 5.26 Å². The van der Waals surface area contributed by atoms with Crippen molar-refractivity contribution in [3.8, 4) is 22.9 Å². The Kier molecular flexibility index (Phi) is 9.41. The van der Waals surface area contributed by atoms with Gasteiger partial charge in [-0.1, -0.05) is 54.6 Å². The van der Waals surface area contributed by atoms with Crippen molar-refractivity contribution in [2.24, 2.45) is 5.92 Å². The minimum absolute atomic E-state index is 0.0979. The van der Waals surface area contributed by atoms with Crippen LogP contribution in [0, 0.1) is 17.2 Å². The van der Waals surface area contributed by atoms with Crippen LogP contribution in [-0.4, -0.2) is 47.7 Å². The fraction of sp³-hybridized carbons (Fsp3) is 0.333. The van der Waals surface area contributed by atoms with E-state index in [0.717, 1.165) is 21.6 Å². The molecular formula is C33H34N2O6. The number of cyclic esters (lactones) is 1. The maximum Gasteiger partial charge on any atom is 0.416 e. The van der Waals surface area contributed by atoms with Crippen LogP contribution >= 0.6 is 0 Å². The number of benzene rings is 3. The van der Waals surface area contributed by atoms with Gasteiger partial charge in [0.1, 0.15) is 18.0 Å². The Labute approximate surface area is 240 Å². The molecule has 0 N–H and O–H groups in total. The minimum Gasteiger partial charge on any atom is -0.494 e. The summed E-state index contributed by atoms with van der Waals surface area (Å²) in [5.41, 5.74) is 2.81. The fourth-order valence-corrected chi connectivity index (χ4v) is 4.66. The number of ether oxygens (including phenoxy) is 3. The number of nitriles is 1. The second-order valence-electron chi connectivity index (χ2n) is 11.0. The predicted octanol–water partition coefficient (Wildman–Crippen LogP) is 5.93. The van der Waals surface area contributed by atoms with E-state index in [1.54, 1.807) is 32.9 Å². The van der Waals surface area contributed by atoms with Gasteiger partial charge in [-0.15, -0.1) is 0 Å². The molecule has 3 aromatic rings. The van der Waals surface area contributed by atoms with Crippen LogP contribution in [0.2, 0.25) is 0 Å². The van der Waals surface area contributed by atoms with Gasteiger partial charge < -0.3 is 14.2 Å². The number of amides is 2. The molecule has 2 atom stereocenters. The Morgan fingerprint density at radius 3 is 2.24 bits per heavy atom. The number of hydrogen-bond donors (Lipinski definition) is 0. The second-order valence-corrected chi connectivity index (χ2v) is 11.0. The molecule has 0 bridgehead atoms. The van der Waals surface area contributed by atoms with Crippen molar-refractivity contribution in [3.63, 3.8) is 0 Å².